The lowest BCUT2D eigenvalue weighted by Gasteiger charge is -2.28. The third kappa shape index (κ3) is 1.96. The minimum atomic E-state index is 0.506. The third-order valence-electron chi connectivity index (χ3n) is 2.23. The minimum absolute atomic E-state index is 0.506. The van der Waals surface area contributed by atoms with Gasteiger partial charge in [-0.05, 0) is 26.3 Å². The van der Waals surface area contributed by atoms with Crippen molar-refractivity contribution in [2.45, 2.75) is 38.3 Å². The van der Waals surface area contributed by atoms with Crippen LogP contribution in [0.25, 0.3) is 0 Å². The molecule has 0 aromatic heterocycles. The van der Waals surface area contributed by atoms with Crippen LogP contribution in [0.15, 0.2) is 0 Å². The molecule has 0 aromatic carbocycles. The fourth-order valence-corrected chi connectivity index (χ4v) is 1.43. The molecule has 0 radical (unpaired) electrons. The van der Waals surface area contributed by atoms with Crippen molar-refractivity contribution in [1.29, 1.82) is 0 Å². The van der Waals surface area contributed by atoms with Gasteiger partial charge >= 0.3 is 0 Å². The highest BCUT2D eigenvalue weighted by molar-refractivity contribution is 4.74. The Morgan fingerprint density at radius 3 is 3.00 bits per heavy atom. The molecular formula is C8H17NO. The van der Waals surface area contributed by atoms with E-state index in [1.807, 2.05) is 7.05 Å². The van der Waals surface area contributed by atoms with E-state index < -0.39 is 0 Å². The van der Waals surface area contributed by atoms with E-state index in [0.29, 0.717) is 12.1 Å². The van der Waals surface area contributed by atoms with Gasteiger partial charge < -0.3 is 10.1 Å². The lowest BCUT2D eigenvalue weighted by Crippen LogP contribution is -2.36. The van der Waals surface area contributed by atoms with Crippen molar-refractivity contribution in [2.24, 2.45) is 0 Å². The molecule has 0 spiro atoms. The number of nitrogens with one attached hydrogen (secondary N) is 1. The topological polar surface area (TPSA) is 21.3 Å². The maximum Gasteiger partial charge on any atom is 0.0587 e. The molecule has 1 N–H and O–H groups in total. The van der Waals surface area contributed by atoms with Crippen LogP contribution in [-0.4, -0.2) is 25.8 Å². The van der Waals surface area contributed by atoms with Crippen molar-refractivity contribution in [3.63, 3.8) is 0 Å². The zero-order chi connectivity index (χ0) is 7.40. The predicted octanol–water partition coefficient (Wildman–Crippen LogP) is 1.16. The molecule has 0 amide bonds. The molecule has 1 aliphatic rings. The van der Waals surface area contributed by atoms with E-state index in [-0.39, 0.29) is 0 Å². The SMILES string of the molecule is CCC1CC(NC)CCO1. The first kappa shape index (κ1) is 8.02. The Bertz CT molecular complexity index is 85.3. The van der Waals surface area contributed by atoms with Crippen LogP contribution in [-0.2, 0) is 4.74 Å². The Morgan fingerprint density at radius 1 is 1.60 bits per heavy atom. The molecule has 0 aromatic rings. The molecule has 1 rings (SSSR count). The second-order valence-corrected chi connectivity index (χ2v) is 2.91. The van der Waals surface area contributed by atoms with Gasteiger partial charge in [0.05, 0.1) is 6.10 Å². The molecule has 2 nitrogen and oxygen atoms in total. The largest absolute Gasteiger partial charge is 0.378 e. The smallest absolute Gasteiger partial charge is 0.0587 e. The number of hydrogen-bond acceptors (Lipinski definition) is 2. The van der Waals surface area contributed by atoms with Crippen LogP contribution in [0.1, 0.15) is 26.2 Å². The summed E-state index contributed by atoms with van der Waals surface area (Å²) in [6.07, 6.45) is 4.02. The van der Waals surface area contributed by atoms with E-state index in [4.69, 9.17) is 4.74 Å². The molecule has 1 saturated heterocycles. The Kier molecular flexibility index (Phi) is 3.16. The molecule has 60 valence electrons. The molecule has 10 heavy (non-hydrogen) atoms. The molecule has 1 fully saturated rings. The highest BCUT2D eigenvalue weighted by atomic mass is 16.5. The molecule has 1 aliphatic heterocycles. The maximum atomic E-state index is 5.52. The monoisotopic (exact) mass is 143 g/mol. The average molecular weight is 143 g/mol. The van der Waals surface area contributed by atoms with Gasteiger partial charge in [-0.15, -0.1) is 0 Å². The average Bonchev–Trinajstić information content (AvgIpc) is 2.05. The molecule has 2 unspecified atom stereocenters. The van der Waals surface area contributed by atoms with Gasteiger partial charge in [0.1, 0.15) is 0 Å². The molecule has 0 saturated carbocycles. The van der Waals surface area contributed by atoms with Crippen LogP contribution in [0.4, 0.5) is 0 Å². The Labute approximate surface area is 63.0 Å². The van der Waals surface area contributed by atoms with Crippen molar-refractivity contribution in [3.05, 3.63) is 0 Å². The van der Waals surface area contributed by atoms with Crippen LogP contribution in [0.5, 0.6) is 0 Å². The van der Waals surface area contributed by atoms with E-state index >= 15 is 0 Å². The second kappa shape index (κ2) is 3.94. The summed E-state index contributed by atoms with van der Waals surface area (Å²) in [7, 11) is 2.03. The molecule has 0 aliphatic carbocycles. The zero-order valence-electron chi connectivity index (χ0n) is 6.89. The highest BCUT2D eigenvalue weighted by Crippen LogP contribution is 2.15. The fraction of sp³-hybridized carbons (Fsp3) is 1.00. The second-order valence-electron chi connectivity index (χ2n) is 2.91. The van der Waals surface area contributed by atoms with Gasteiger partial charge in [-0.2, -0.15) is 0 Å². The highest BCUT2D eigenvalue weighted by Gasteiger charge is 2.18. The summed E-state index contributed by atoms with van der Waals surface area (Å²) in [5, 5.41) is 3.29. The first-order valence-electron chi connectivity index (χ1n) is 4.15. The maximum absolute atomic E-state index is 5.52. The summed E-state index contributed by atoms with van der Waals surface area (Å²) in [6, 6.07) is 0.693. The Balaban J connectivity index is 2.25. The summed E-state index contributed by atoms with van der Waals surface area (Å²) >= 11 is 0. The van der Waals surface area contributed by atoms with Crippen LogP contribution < -0.4 is 5.32 Å². The molecule has 2 heteroatoms. The predicted molar refractivity (Wildman–Crippen MR) is 42.1 cm³/mol. The van der Waals surface area contributed by atoms with Gasteiger partial charge in [-0.3, -0.25) is 0 Å². The van der Waals surface area contributed by atoms with Gasteiger partial charge in [-0.25, -0.2) is 0 Å². The normalized spacial score (nSPS) is 34.2. The summed E-state index contributed by atoms with van der Waals surface area (Å²) < 4.78 is 5.52. The summed E-state index contributed by atoms with van der Waals surface area (Å²) in [6.45, 7) is 3.12. The van der Waals surface area contributed by atoms with Crippen LogP contribution in [0.3, 0.4) is 0 Å². The van der Waals surface area contributed by atoms with Crippen LogP contribution in [0.2, 0.25) is 0 Å². The summed E-state index contributed by atoms with van der Waals surface area (Å²) in [5.74, 6) is 0. The van der Waals surface area contributed by atoms with Crippen LogP contribution >= 0.6 is 0 Å². The van der Waals surface area contributed by atoms with E-state index in [1.165, 1.54) is 12.8 Å². The lowest BCUT2D eigenvalue weighted by molar-refractivity contribution is 0.00123. The molecular weight excluding hydrogens is 126 g/mol. The van der Waals surface area contributed by atoms with E-state index in [1.54, 1.807) is 0 Å². The van der Waals surface area contributed by atoms with Crippen molar-refractivity contribution in [2.75, 3.05) is 13.7 Å². The van der Waals surface area contributed by atoms with Gasteiger partial charge in [0.15, 0.2) is 0 Å². The van der Waals surface area contributed by atoms with E-state index in [9.17, 15) is 0 Å². The van der Waals surface area contributed by atoms with Gasteiger partial charge in [0.2, 0.25) is 0 Å². The van der Waals surface area contributed by atoms with Gasteiger partial charge in [0.25, 0.3) is 0 Å². The first-order chi connectivity index (χ1) is 4.86. The fourth-order valence-electron chi connectivity index (χ4n) is 1.43. The Morgan fingerprint density at radius 2 is 2.40 bits per heavy atom. The standard InChI is InChI=1S/C8H17NO/c1-3-8-6-7(9-2)4-5-10-8/h7-9H,3-6H2,1-2H3. The van der Waals surface area contributed by atoms with Crippen molar-refractivity contribution in [1.82, 2.24) is 5.32 Å². The third-order valence-corrected chi connectivity index (χ3v) is 2.23. The lowest BCUT2D eigenvalue weighted by atomic mass is 10.0. The van der Waals surface area contributed by atoms with Crippen molar-refractivity contribution >= 4 is 0 Å². The Hall–Kier alpha value is -0.0800. The summed E-state index contributed by atoms with van der Waals surface area (Å²) in [4.78, 5) is 0. The quantitative estimate of drug-likeness (QED) is 0.626. The van der Waals surface area contributed by atoms with Crippen molar-refractivity contribution < 1.29 is 4.74 Å². The molecule has 0 bridgehead atoms. The molecule has 1 heterocycles. The number of ether oxygens (including phenoxy) is 1. The minimum Gasteiger partial charge on any atom is -0.378 e. The number of hydrogen-bond donors (Lipinski definition) is 1. The van der Waals surface area contributed by atoms with Crippen molar-refractivity contribution in [3.8, 4) is 0 Å². The van der Waals surface area contributed by atoms with Gasteiger partial charge in [-0.1, -0.05) is 6.92 Å². The summed E-state index contributed by atoms with van der Waals surface area (Å²) in [5.41, 5.74) is 0. The first-order valence-corrected chi connectivity index (χ1v) is 4.15. The van der Waals surface area contributed by atoms with Crippen LogP contribution in [0, 0.1) is 0 Å². The van der Waals surface area contributed by atoms with E-state index in [0.717, 1.165) is 13.0 Å². The zero-order valence-corrected chi connectivity index (χ0v) is 6.89. The van der Waals surface area contributed by atoms with E-state index in [2.05, 4.69) is 12.2 Å². The van der Waals surface area contributed by atoms with Gasteiger partial charge in [0, 0.05) is 12.6 Å². The molecule has 2 atom stereocenters. The number of rotatable bonds is 2.